The van der Waals surface area contributed by atoms with Crippen LogP contribution in [-0.4, -0.2) is 30.6 Å². The lowest BCUT2D eigenvalue weighted by Crippen LogP contribution is -2.46. The minimum absolute atomic E-state index is 0.511. The van der Waals surface area contributed by atoms with E-state index in [0.717, 1.165) is 25.4 Å². The Kier molecular flexibility index (Phi) is 5.83. The molecule has 2 N–H and O–H groups in total. The van der Waals surface area contributed by atoms with Crippen LogP contribution in [0, 0.1) is 5.41 Å². The van der Waals surface area contributed by atoms with Crippen molar-refractivity contribution < 1.29 is 0 Å². The highest BCUT2D eigenvalue weighted by atomic mass is 15.2. The lowest BCUT2D eigenvalue weighted by molar-refractivity contribution is 0.0934. The van der Waals surface area contributed by atoms with Crippen molar-refractivity contribution in [3.05, 3.63) is 35.9 Å². The fraction of sp³-hybridized carbons (Fsp3) is 0.684. The van der Waals surface area contributed by atoms with E-state index in [4.69, 9.17) is 5.73 Å². The van der Waals surface area contributed by atoms with Gasteiger partial charge in [0.1, 0.15) is 0 Å². The molecule has 1 atom stereocenters. The summed E-state index contributed by atoms with van der Waals surface area (Å²) in [5.74, 6) is 0. The molecule has 21 heavy (non-hydrogen) atoms. The maximum Gasteiger partial charge on any atom is 0.0221 e. The maximum atomic E-state index is 6.06. The number of aryl methyl sites for hydroxylation is 1. The molecular weight excluding hydrogens is 256 g/mol. The van der Waals surface area contributed by atoms with Crippen LogP contribution in [0.4, 0.5) is 0 Å². The summed E-state index contributed by atoms with van der Waals surface area (Å²) >= 11 is 0. The maximum absolute atomic E-state index is 6.06. The first-order valence-electron chi connectivity index (χ1n) is 8.48. The van der Waals surface area contributed by atoms with Crippen molar-refractivity contribution in [3.8, 4) is 0 Å². The Labute approximate surface area is 130 Å². The van der Waals surface area contributed by atoms with Crippen LogP contribution >= 0.6 is 0 Å². The highest BCUT2D eigenvalue weighted by molar-refractivity contribution is 5.14. The van der Waals surface area contributed by atoms with Crippen LogP contribution in [-0.2, 0) is 6.42 Å². The molecule has 0 aromatic heterocycles. The second-order valence-corrected chi connectivity index (χ2v) is 7.47. The van der Waals surface area contributed by atoms with Crippen LogP contribution in [0.5, 0.6) is 0 Å². The first-order chi connectivity index (χ1) is 10.0. The highest BCUT2D eigenvalue weighted by Crippen LogP contribution is 2.37. The van der Waals surface area contributed by atoms with Crippen LogP contribution in [0.3, 0.4) is 0 Å². The third kappa shape index (κ3) is 4.82. The van der Waals surface area contributed by atoms with Gasteiger partial charge >= 0.3 is 0 Å². The van der Waals surface area contributed by atoms with Crippen LogP contribution in [0.15, 0.2) is 30.3 Å². The number of nitrogens with two attached hydrogens (primary N) is 1. The molecule has 2 rings (SSSR count). The van der Waals surface area contributed by atoms with E-state index >= 15 is 0 Å². The lowest BCUT2D eigenvalue weighted by Gasteiger charge is -2.41. The molecule has 1 aliphatic rings. The number of hydrogen-bond donors (Lipinski definition) is 1. The minimum atomic E-state index is 0.511. The molecule has 0 amide bonds. The molecule has 1 aromatic rings. The average molecular weight is 288 g/mol. The molecule has 1 aliphatic carbocycles. The van der Waals surface area contributed by atoms with Crippen molar-refractivity contribution in [2.75, 3.05) is 13.6 Å². The van der Waals surface area contributed by atoms with Gasteiger partial charge in [-0.2, -0.15) is 0 Å². The van der Waals surface area contributed by atoms with E-state index in [1.54, 1.807) is 0 Å². The van der Waals surface area contributed by atoms with Gasteiger partial charge < -0.3 is 5.73 Å². The first kappa shape index (κ1) is 16.5. The Hall–Kier alpha value is -0.860. The van der Waals surface area contributed by atoms with E-state index in [1.807, 2.05) is 0 Å². The molecule has 118 valence electrons. The Balaban J connectivity index is 1.85. The van der Waals surface area contributed by atoms with Gasteiger partial charge in [-0.15, -0.1) is 0 Å². The van der Waals surface area contributed by atoms with Gasteiger partial charge in [-0.25, -0.2) is 0 Å². The average Bonchev–Trinajstić information content (AvgIpc) is 2.48. The van der Waals surface area contributed by atoms with Crippen LogP contribution in [0.25, 0.3) is 0 Å². The molecule has 1 fully saturated rings. The number of nitrogens with zero attached hydrogens (tertiary/aromatic N) is 1. The van der Waals surface area contributed by atoms with Crippen molar-refractivity contribution in [2.24, 2.45) is 11.1 Å². The number of hydrogen-bond acceptors (Lipinski definition) is 2. The second kappa shape index (κ2) is 7.42. The summed E-state index contributed by atoms with van der Waals surface area (Å²) in [5, 5.41) is 0. The predicted molar refractivity (Wildman–Crippen MR) is 91.4 cm³/mol. The predicted octanol–water partition coefficient (Wildman–Crippen LogP) is 3.85. The molecule has 1 saturated carbocycles. The van der Waals surface area contributed by atoms with E-state index in [9.17, 15) is 0 Å². The molecule has 1 aromatic carbocycles. The Morgan fingerprint density at radius 1 is 1.19 bits per heavy atom. The number of rotatable bonds is 6. The van der Waals surface area contributed by atoms with Gasteiger partial charge in [0.15, 0.2) is 0 Å². The van der Waals surface area contributed by atoms with Crippen molar-refractivity contribution >= 4 is 0 Å². The first-order valence-corrected chi connectivity index (χ1v) is 8.48. The molecule has 0 bridgehead atoms. The quantitative estimate of drug-likeness (QED) is 0.861. The third-order valence-corrected chi connectivity index (χ3v) is 5.34. The molecule has 0 radical (unpaired) electrons. The molecular formula is C19H32N2. The summed E-state index contributed by atoms with van der Waals surface area (Å²) < 4.78 is 0. The summed E-state index contributed by atoms with van der Waals surface area (Å²) in [6.07, 6.45) is 7.63. The largest absolute Gasteiger partial charge is 0.329 e. The van der Waals surface area contributed by atoms with Gasteiger partial charge in [-0.3, -0.25) is 4.90 Å². The highest BCUT2D eigenvalue weighted by Gasteiger charge is 2.30. The zero-order chi connectivity index (χ0) is 15.3. The monoisotopic (exact) mass is 288 g/mol. The summed E-state index contributed by atoms with van der Waals surface area (Å²) in [6, 6.07) is 12.0. The van der Waals surface area contributed by atoms with Gasteiger partial charge in [0, 0.05) is 18.6 Å². The molecule has 0 heterocycles. The zero-order valence-corrected chi connectivity index (χ0v) is 14.0. The van der Waals surface area contributed by atoms with Crippen molar-refractivity contribution in [1.29, 1.82) is 0 Å². The summed E-state index contributed by atoms with van der Waals surface area (Å²) in [7, 11) is 2.28. The smallest absolute Gasteiger partial charge is 0.0221 e. The van der Waals surface area contributed by atoms with Gasteiger partial charge in [0.2, 0.25) is 0 Å². The SMILES string of the molecule is CN(C(CN)CCc1ccccc1)C1CCC(C)(C)CC1. The van der Waals surface area contributed by atoms with Gasteiger partial charge in [-0.1, -0.05) is 44.2 Å². The Bertz CT molecular complexity index is 403. The fourth-order valence-corrected chi connectivity index (χ4v) is 3.56. The van der Waals surface area contributed by atoms with E-state index in [2.05, 4.69) is 56.1 Å². The van der Waals surface area contributed by atoms with Crippen molar-refractivity contribution in [2.45, 2.75) is 64.5 Å². The Morgan fingerprint density at radius 2 is 1.81 bits per heavy atom. The number of likely N-dealkylation sites (N-methyl/N-ethyl adjacent to an activating group) is 1. The fourth-order valence-electron chi connectivity index (χ4n) is 3.56. The third-order valence-electron chi connectivity index (χ3n) is 5.34. The Morgan fingerprint density at radius 3 is 2.38 bits per heavy atom. The van der Waals surface area contributed by atoms with E-state index in [0.29, 0.717) is 11.5 Å². The molecule has 0 spiro atoms. The van der Waals surface area contributed by atoms with Crippen LogP contribution < -0.4 is 5.73 Å². The lowest BCUT2D eigenvalue weighted by atomic mass is 9.75. The van der Waals surface area contributed by atoms with Crippen molar-refractivity contribution in [1.82, 2.24) is 4.90 Å². The molecule has 0 aliphatic heterocycles. The zero-order valence-electron chi connectivity index (χ0n) is 14.0. The molecule has 1 unspecified atom stereocenters. The van der Waals surface area contributed by atoms with Gasteiger partial charge in [0.25, 0.3) is 0 Å². The second-order valence-electron chi connectivity index (χ2n) is 7.47. The normalized spacial score (nSPS) is 20.6. The number of benzene rings is 1. The molecule has 0 saturated heterocycles. The van der Waals surface area contributed by atoms with Crippen LogP contribution in [0.1, 0.15) is 51.5 Å². The van der Waals surface area contributed by atoms with Gasteiger partial charge in [-0.05, 0) is 56.6 Å². The van der Waals surface area contributed by atoms with E-state index < -0.39 is 0 Å². The minimum Gasteiger partial charge on any atom is -0.329 e. The van der Waals surface area contributed by atoms with Crippen LogP contribution in [0.2, 0.25) is 0 Å². The van der Waals surface area contributed by atoms with Crippen molar-refractivity contribution in [3.63, 3.8) is 0 Å². The van der Waals surface area contributed by atoms with E-state index in [-0.39, 0.29) is 0 Å². The standard InChI is InChI=1S/C19H32N2/c1-19(2)13-11-17(12-14-19)21(3)18(15-20)10-9-16-7-5-4-6-8-16/h4-8,17-18H,9-15,20H2,1-3H3. The summed E-state index contributed by atoms with van der Waals surface area (Å²) in [5.41, 5.74) is 8.02. The summed E-state index contributed by atoms with van der Waals surface area (Å²) in [6.45, 7) is 5.57. The molecule has 2 heteroatoms. The van der Waals surface area contributed by atoms with Gasteiger partial charge in [0.05, 0.1) is 0 Å². The summed E-state index contributed by atoms with van der Waals surface area (Å²) in [4.78, 5) is 2.57. The molecule has 2 nitrogen and oxygen atoms in total. The topological polar surface area (TPSA) is 29.3 Å². The van der Waals surface area contributed by atoms with E-state index in [1.165, 1.54) is 31.2 Å².